The zero-order valence-corrected chi connectivity index (χ0v) is 46.6. The Hall–Kier alpha value is -7.11. The lowest BCUT2D eigenvalue weighted by Crippen LogP contribution is -2.25. The number of ether oxygens (including phenoxy) is 1. The molecule has 1 aliphatic rings. The molecule has 5 nitrogen and oxygen atoms in total. The van der Waals surface area contributed by atoms with Crippen LogP contribution in [0.1, 0.15) is 155 Å². The molecule has 9 aromatic rings. The molecular weight excluding hydrogens is 901 g/mol. The van der Waals surface area contributed by atoms with Crippen molar-refractivity contribution >= 4 is 44.6 Å². The summed E-state index contributed by atoms with van der Waals surface area (Å²) in [6, 6.07) is 56.4. The minimum Gasteiger partial charge on any atom is -0.457 e. The zero-order chi connectivity index (χ0) is 52.6. The number of aromatic nitrogens is 2. The van der Waals surface area contributed by atoms with Gasteiger partial charge in [0.05, 0.1) is 22.4 Å². The number of rotatable bonds is 10. The Morgan fingerprint density at radius 1 is 0.446 bits per heavy atom. The number of pyridine rings is 1. The highest BCUT2D eigenvalue weighted by atomic mass is 16.5. The molecular formula is C69H76N4O. The Balaban J connectivity index is 1.09. The first-order chi connectivity index (χ1) is 35.0. The molecule has 0 saturated heterocycles. The van der Waals surface area contributed by atoms with E-state index in [1.54, 1.807) is 0 Å². The van der Waals surface area contributed by atoms with Gasteiger partial charge in [0, 0.05) is 40.5 Å². The molecule has 74 heavy (non-hydrogen) atoms. The van der Waals surface area contributed by atoms with Crippen LogP contribution in [0.5, 0.6) is 11.5 Å². The van der Waals surface area contributed by atoms with Crippen LogP contribution in [0.4, 0.5) is 22.7 Å². The van der Waals surface area contributed by atoms with Gasteiger partial charge >= 0.3 is 0 Å². The number of para-hydroxylation sites is 1. The van der Waals surface area contributed by atoms with Crippen molar-refractivity contribution in [3.05, 3.63) is 191 Å². The largest absolute Gasteiger partial charge is 0.457 e. The van der Waals surface area contributed by atoms with Crippen molar-refractivity contribution < 1.29 is 4.74 Å². The van der Waals surface area contributed by atoms with Gasteiger partial charge < -0.3 is 14.5 Å². The summed E-state index contributed by atoms with van der Waals surface area (Å²) in [5.41, 5.74) is 19.5. The molecule has 5 heteroatoms. The lowest BCUT2D eigenvalue weighted by molar-refractivity contribution is 0.479. The fourth-order valence-electron chi connectivity index (χ4n) is 10.8. The van der Waals surface area contributed by atoms with Crippen molar-refractivity contribution in [2.75, 3.05) is 16.5 Å². The average molecular weight is 977 g/mol. The SMILES string of the molecule is CC(C)c1cc(C(C)C)c(-c2ccnc(-n3c4ccccc4c4ccc(Oc5cc(N6CN(c7cc(-c8ccccc8)cc(C(C)(C)C)c7)c7ccc(C(C)(C)C)cc76)cc(C(C)(C)C)c5)cc43)c2)c(C(C)C)c1. The summed E-state index contributed by atoms with van der Waals surface area (Å²) in [6.07, 6.45) is 1.99. The van der Waals surface area contributed by atoms with Gasteiger partial charge in [0.2, 0.25) is 0 Å². The van der Waals surface area contributed by atoms with Crippen LogP contribution in [-0.4, -0.2) is 16.2 Å². The number of benzene rings is 7. The van der Waals surface area contributed by atoms with Gasteiger partial charge in [-0.2, -0.15) is 0 Å². The van der Waals surface area contributed by atoms with Gasteiger partial charge in [-0.25, -0.2) is 4.98 Å². The molecule has 10 rings (SSSR count). The van der Waals surface area contributed by atoms with E-state index < -0.39 is 0 Å². The molecule has 0 atom stereocenters. The van der Waals surface area contributed by atoms with E-state index in [2.05, 4.69) is 270 Å². The topological polar surface area (TPSA) is 33.5 Å². The van der Waals surface area contributed by atoms with Crippen molar-refractivity contribution in [3.63, 3.8) is 0 Å². The Kier molecular flexibility index (Phi) is 12.9. The number of fused-ring (bicyclic) bond motifs is 4. The summed E-state index contributed by atoms with van der Waals surface area (Å²) in [6.45, 7) is 35.2. The molecule has 0 bridgehead atoms. The summed E-state index contributed by atoms with van der Waals surface area (Å²) in [7, 11) is 0. The van der Waals surface area contributed by atoms with Crippen LogP contribution in [0.25, 0.3) is 49.9 Å². The highest BCUT2D eigenvalue weighted by Crippen LogP contribution is 2.49. The van der Waals surface area contributed by atoms with E-state index in [4.69, 9.17) is 9.72 Å². The van der Waals surface area contributed by atoms with E-state index in [9.17, 15) is 0 Å². The van der Waals surface area contributed by atoms with E-state index in [-0.39, 0.29) is 16.2 Å². The quantitative estimate of drug-likeness (QED) is 0.137. The van der Waals surface area contributed by atoms with E-state index in [0.717, 1.165) is 39.4 Å². The number of anilines is 4. The average Bonchev–Trinajstić information content (AvgIpc) is 3.91. The van der Waals surface area contributed by atoms with Crippen LogP contribution < -0.4 is 14.5 Å². The zero-order valence-electron chi connectivity index (χ0n) is 46.6. The summed E-state index contributed by atoms with van der Waals surface area (Å²) in [5, 5.41) is 2.34. The van der Waals surface area contributed by atoms with E-state index in [1.807, 2.05) is 6.20 Å². The lowest BCUT2D eigenvalue weighted by atomic mass is 9.82. The smallest absolute Gasteiger partial charge is 0.138 e. The second-order valence-corrected chi connectivity index (χ2v) is 24.9. The molecule has 0 N–H and O–H groups in total. The monoisotopic (exact) mass is 977 g/mol. The molecule has 0 aliphatic carbocycles. The van der Waals surface area contributed by atoms with Crippen molar-refractivity contribution in [3.8, 4) is 39.6 Å². The van der Waals surface area contributed by atoms with Crippen LogP contribution in [0, 0.1) is 0 Å². The van der Waals surface area contributed by atoms with Gasteiger partial charge in [0.1, 0.15) is 24.0 Å². The fourth-order valence-corrected chi connectivity index (χ4v) is 10.8. The highest BCUT2D eigenvalue weighted by Gasteiger charge is 2.33. The number of nitrogens with zero attached hydrogens (tertiary/aromatic N) is 4. The normalized spacial score (nSPS) is 13.3. The highest BCUT2D eigenvalue weighted by molar-refractivity contribution is 6.09. The van der Waals surface area contributed by atoms with Crippen molar-refractivity contribution in [1.82, 2.24) is 9.55 Å². The molecule has 0 fully saturated rings. The predicted octanol–water partition coefficient (Wildman–Crippen LogP) is 19.8. The number of hydrogen-bond donors (Lipinski definition) is 0. The third kappa shape index (κ3) is 9.63. The minimum atomic E-state index is -0.151. The van der Waals surface area contributed by atoms with E-state index in [0.29, 0.717) is 24.4 Å². The van der Waals surface area contributed by atoms with E-state index >= 15 is 0 Å². The van der Waals surface area contributed by atoms with E-state index in [1.165, 1.54) is 78.1 Å². The standard InChI is InChI=1S/C69H76N4O/c1-43(2)48-33-59(44(3)4)66(60(34-48)45(5)6)47-29-30-70-65(35-47)73-61-24-20-19-23-57(61)58-27-26-55(41-63(58)73)74-56-38-52(69(13,14)15)37-54(40-56)72-42-71(62-28-25-50(39-64(62)72)67(7,8)9)53-32-49(46-21-17-16-18-22-46)31-51(36-53)68(10,11)12/h16-41,43-45H,42H2,1-15H3. The van der Waals surface area contributed by atoms with Gasteiger partial charge in [-0.1, -0.05) is 177 Å². The maximum absolute atomic E-state index is 7.14. The van der Waals surface area contributed by atoms with Gasteiger partial charge in [-0.15, -0.1) is 0 Å². The first-order valence-electron chi connectivity index (χ1n) is 27.0. The maximum Gasteiger partial charge on any atom is 0.138 e. The summed E-state index contributed by atoms with van der Waals surface area (Å²) < 4.78 is 9.46. The molecule has 0 amide bonds. The van der Waals surface area contributed by atoms with Crippen molar-refractivity contribution in [2.45, 2.75) is 138 Å². The second-order valence-electron chi connectivity index (χ2n) is 24.9. The molecule has 2 aromatic heterocycles. The molecule has 3 heterocycles. The van der Waals surface area contributed by atoms with Gasteiger partial charge in [-0.3, -0.25) is 4.57 Å². The van der Waals surface area contributed by atoms with Crippen molar-refractivity contribution in [1.29, 1.82) is 0 Å². The third-order valence-electron chi connectivity index (χ3n) is 15.3. The molecule has 0 saturated carbocycles. The van der Waals surface area contributed by atoms with Crippen LogP contribution >= 0.6 is 0 Å². The Morgan fingerprint density at radius 2 is 1.05 bits per heavy atom. The van der Waals surface area contributed by atoms with Crippen LogP contribution in [0.2, 0.25) is 0 Å². The predicted molar refractivity (Wildman–Crippen MR) is 316 cm³/mol. The second kappa shape index (κ2) is 19.0. The van der Waals surface area contributed by atoms with Gasteiger partial charge in [0.25, 0.3) is 0 Å². The summed E-state index contributed by atoms with van der Waals surface area (Å²) in [5.74, 6) is 3.63. The maximum atomic E-state index is 7.14. The molecule has 0 unspecified atom stereocenters. The first kappa shape index (κ1) is 50.4. The molecule has 378 valence electrons. The van der Waals surface area contributed by atoms with Gasteiger partial charge in [-0.05, 0) is 156 Å². The molecule has 1 aliphatic heterocycles. The lowest BCUT2D eigenvalue weighted by Gasteiger charge is -2.28. The fraction of sp³-hybridized carbons (Fsp3) is 0.319. The van der Waals surface area contributed by atoms with Crippen LogP contribution in [-0.2, 0) is 16.2 Å². The molecule has 0 radical (unpaired) electrons. The summed E-state index contributed by atoms with van der Waals surface area (Å²) in [4.78, 5) is 10.1. The molecule has 0 spiro atoms. The van der Waals surface area contributed by atoms with Gasteiger partial charge in [0.15, 0.2) is 0 Å². The summed E-state index contributed by atoms with van der Waals surface area (Å²) >= 11 is 0. The van der Waals surface area contributed by atoms with Crippen molar-refractivity contribution in [2.24, 2.45) is 0 Å². The first-order valence-corrected chi connectivity index (χ1v) is 27.0. The van der Waals surface area contributed by atoms with Crippen LogP contribution in [0.15, 0.2) is 158 Å². The molecule has 7 aromatic carbocycles. The Morgan fingerprint density at radius 3 is 1.70 bits per heavy atom. The van der Waals surface area contributed by atoms with Crippen LogP contribution in [0.3, 0.4) is 0 Å². The minimum absolute atomic E-state index is 0.0344. The Bertz CT molecular complexity index is 3530. The Labute approximate surface area is 441 Å². The third-order valence-corrected chi connectivity index (χ3v) is 15.3. The number of hydrogen-bond acceptors (Lipinski definition) is 4.